The number of esters is 2. The van der Waals surface area contributed by atoms with E-state index in [1.165, 1.54) is 7.11 Å². The lowest BCUT2D eigenvalue weighted by atomic mass is 10.1. The van der Waals surface area contributed by atoms with Crippen LogP contribution >= 0.6 is 11.8 Å². The van der Waals surface area contributed by atoms with Crippen molar-refractivity contribution in [2.24, 2.45) is 5.73 Å². The van der Waals surface area contributed by atoms with Crippen molar-refractivity contribution >= 4 is 29.6 Å². The number of nitrogens with zero attached hydrogens (tertiary/aromatic N) is 3. The molecular formula is C28H35N5O6S. The summed E-state index contributed by atoms with van der Waals surface area (Å²) in [5.41, 5.74) is 6.70. The summed E-state index contributed by atoms with van der Waals surface area (Å²) in [5.74, 6) is -0.946. The molecule has 3 rings (SSSR count). The summed E-state index contributed by atoms with van der Waals surface area (Å²) in [4.78, 5) is 37.2. The summed E-state index contributed by atoms with van der Waals surface area (Å²) < 4.78 is 17.8. The molecule has 0 saturated heterocycles. The zero-order valence-corrected chi connectivity index (χ0v) is 23.7. The van der Waals surface area contributed by atoms with Crippen molar-refractivity contribution in [3.05, 3.63) is 77.6 Å². The Labute approximate surface area is 237 Å². The Bertz CT molecular complexity index is 1250. The predicted molar refractivity (Wildman–Crippen MR) is 149 cm³/mol. The monoisotopic (exact) mass is 569 g/mol. The lowest BCUT2D eigenvalue weighted by Gasteiger charge is -2.24. The van der Waals surface area contributed by atoms with E-state index in [1.807, 2.05) is 60.7 Å². The second kappa shape index (κ2) is 15.2. The van der Waals surface area contributed by atoms with Crippen LogP contribution in [0.2, 0.25) is 0 Å². The number of thioether (sulfide) groups is 1. The van der Waals surface area contributed by atoms with E-state index >= 15 is 0 Å². The number of carbonyl (C=O) groups is 3. The molecule has 1 amide bonds. The summed E-state index contributed by atoms with van der Waals surface area (Å²) in [7, 11) is 1.30. The van der Waals surface area contributed by atoms with Gasteiger partial charge in [0.2, 0.25) is 5.91 Å². The standard InChI is InChI=1S/C28H35N5O6S/c1-28(2,29)26(36)30-22(18-38-16-20-10-6-4-7-11-20)25-31-32-27(33(25)15-14-23(34)37-3)40-19-24(35)39-17-21-12-8-5-9-13-21/h4-13,22H,14-19,29H2,1-3H3,(H,30,36)/t22-/m1/s1. The minimum absolute atomic E-state index is 0.0272. The maximum absolute atomic E-state index is 12.8. The molecule has 40 heavy (non-hydrogen) atoms. The highest BCUT2D eigenvalue weighted by molar-refractivity contribution is 7.99. The molecule has 12 heteroatoms. The lowest BCUT2D eigenvalue weighted by molar-refractivity contribution is -0.142. The van der Waals surface area contributed by atoms with Crippen molar-refractivity contribution < 1.29 is 28.6 Å². The van der Waals surface area contributed by atoms with E-state index in [9.17, 15) is 14.4 Å². The van der Waals surface area contributed by atoms with Gasteiger partial charge in [-0.1, -0.05) is 72.4 Å². The van der Waals surface area contributed by atoms with Crippen LogP contribution in [0.5, 0.6) is 0 Å². The number of aromatic nitrogens is 3. The first-order valence-electron chi connectivity index (χ1n) is 12.7. The minimum Gasteiger partial charge on any atom is -0.469 e. The Balaban J connectivity index is 1.77. The normalized spacial score (nSPS) is 12.0. The molecule has 0 unspecified atom stereocenters. The maximum atomic E-state index is 12.8. The number of methoxy groups -OCH3 is 1. The third-order valence-corrected chi connectivity index (χ3v) is 6.61. The summed E-state index contributed by atoms with van der Waals surface area (Å²) >= 11 is 1.12. The fraction of sp³-hybridized carbons (Fsp3) is 0.393. The molecule has 3 N–H and O–H groups in total. The molecule has 0 aliphatic carbocycles. The topological polar surface area (TPSA) is 148 Å². The molecule has 0 saturated carbocycles. The number of benzene rings is 2. The summed E-state index contributed by atoms with van der Waals surface area (Å²) in [6, 6.07) is 18.2. The second-order valence-electron chi connectivity index (χ2n) is 9.50. The van der Waals surface area contributed by atoms with Gasteiger partial charge < -0.3 is 29.8 Å². The number of amides is 1. The van der Waals surface area contributed by atoms with E-state index in [2.05, 4.69) is 15.5 Å². The Hall–Kier alpha value is -3.74. The fourth-order valence-electron chi connectivity index (χ4n) is 3.48. The second-order valence-corrected chi connectivity index (χ2v) is 10.4. The van der Waals surface area contributed by atoms with Crippen LogP contribution in [0.4, 0.5) is 0 Å². The molecule has 214 valence electrons. The van der Waals surface area contributed by atoms with Crippen LogP contribution < -0.4 is 11.1 Å². The summed E-state index contributed by atoms with van der Waals surface area (Å²) in [6.45, 7) is 3.88. The first-order chi connectivity index (χ1) is 19.2. The Kier molecular flexibility index (Phi) is 11.7. The third kappa shape index (κ3) is 9.78. The first-order valence-corrected chi connectivity index (χ1v) is 13.7. The molecule has 0 spiro atoms. The molecule has 0 radical (unpaired) electrons. The Morgan fingerprint density at radius 1 is 0.975 bits per heavy atom. The van der Waals surface area contributed by atoms with Gasteiger partial charge in [-0.2, -0.15) is 0 Å². The third-order valence-electron chi connectivity index (χ3n) is 5.67. The predicted octanol–water partition coefficient (Wildman–Crippen LogP) is 2.79. The van der Waals surface area contributed by atoms with Gasteiger partial charge in [0.15, 0.2) is 11.0 Å². The molecule has 1 aromatic heterocycles. The number of hydrogen-bond acceptors (Lipinski definition) is 10. The Morgan fingerprint density at radius 3 is 2.20 bits per heavy atom. The van der Waals surface area contributed by atoms with Gasteiger partial charge in [0.05, 0.1) is 38.0 Å². The van der Waals surface area contributed by atoms with E-state index in [0.717, 1.165) is 22.9 Å². The molecule has 0 bridgehead atoms. The molecule has 0 aliphatic heterocycles. The highest BCUT2D eigenvalue weighted by Crippen LogP contribution is 2.23. The number of carbonyl (C=O) groups excluding carboxylic acids is 3. The van der Waals surface area contributed by atoms with E-state index in [-0.39, 0.29) is 31.9 Å². The van der Waals surface area contributed by atoms with Crippen molar-refractivity contribution in [3.63, 3.8) is 0 Å². The van der Waals surface area contributed by atoms with Crippen molar-refractivity contribution in [1.29, 1.82) is 0 Å². The average molecular weight is 570 g/mol. The molecule has 1 atom stereocenters. The quantitative estimate of drug-likeness (QED) is 0.207. The van der Waals surface area contributed by atoms with Gasteiger partial charge in [-0.3, -0.25) is 14.4 Å². The number of rotatable bonds is 15. The van der Waals surface area contributed by atoms with Crippen LogP contribution in [0.3, 0.4) is 0 Å². The fourth-order valence-corrected chi connectivity index (χ4v) is 4.25. The largest absolute Gasteiger partial charge is 0.469 e. The van der Waals surface area contributed by atoms with E-state index < -0.39 is 29.4 Å². The van der Waals surface area contributed by atoms with Gasteiger partial charge in [-0.05, 0) is 25.0 Å². The van der Waals surface area contributed by atoms with Gasteiger partial charge in [0.25, 0.3) is 0 Å². The molecule has 3 aromatic rings. The van der Waals surface area contributed by atoms with Crippen LogP contribution in [0.1, 0.15) is 43.3 Å². The first kappa shape index (κ1) is 30.8. The van der Waals surface area contributed by atoms with Crippen molar-refractivity contribution in [2.45, 2.75) is 56.8 Å². The highest BCUT2D eigenvalue weighted by atomic mass is 32.2. The van der Waals surface area contributed by atoms with Gasteiger partial charge >= 0.3 is 11.9 Å². The summed E-state index contributed by atoms with van der Waals surface area (Å²) in [5, 5.41) is 11.8. The van der Waals surface area contributed by atoms with E-state index in [0.29, 0.717) is 17.6 Å². The average Bonchev–Trinajstić information content (AvgIpc) is 3.36. The number of nitrogens with two attached hydrogens (primary N) is 1. The van der Waals surface area contributed by atoms with Crippen LogP contribution in [0.15, 0.2) is 65.8 Å². The molecule has 1 heterocycles. The number of hydrogen-bond donors (Lipinski definition) is 2. The van der Waals surface area contributed by atoms with E-state index in [1.54, 1.807) is 18.4 Å². The molecule has 2 aromatic carbocycles. The maximum Gasteiger partial charge on any atom is 0.316 e. The zero-order valence-electron chi connectivity index (χ0n) is 22.9. The van der Waals surface area contributed by atoms with Crippen LogP contribution in [-0.2, 0) is 48.4 Å². The highest BCUT2D eigenvalue weighted by Gasteiger charge is 2.29. The van der Waals surface area contributed by atoms with Gasteiger partial charge in [-0.25, -0.2) is 0 Å². The van der Waals surface area contributed by atoms with Crippen molar-refractivity contribution in [2.75, 3.05) is 19.5 Å². The summed E-state index contributed by atoms with van der Waals surface area (Å²) in [6.07, 6.45) is 0.0292. The van der Waals surface area contributed by atoms with Crippen molar-refractivity contribution in [3.8, 4) is 0 Å². The number of nitrogens with one attached hydrogen (secondary N) is 1. The zero-order chi connectivity index (χ0) is 29.0. The van der Waals surface area contributed by atoms with Crippen LogP contribution in [0.25, 0.3) is 0 Å². The van der Waals surface area contributed by atoms with Crippen molar-refractivity contribution in [1.82, 2.24) is 20.1 Å². The van der Waals surface area contributed by atoms with Gasteiger partial charge in [-0.15, -0.1) is 10.2 Å². The van der Waals surface area contributed by atoms with Gasteiger partial charge in [0, 0.05) is 6.54 Å². The lowest BCUT2D eigenvalue weighted by Crippen LogP contribution is -2.51. The van der Waals surface area contributed by atoms with Crippen LogP contribution in [0, 0.1) is 0 Å². The minimum atomic E-state index is -1.16. The molecule has 0 fully saturated rings. The van der Waals surface area contributed by atoms with Gasteiger partial charge in [0.1, 0.15) is 12.6 Å². The number of ether oxygens (including phenoxy) is 3. The van der Waals surface area contributed by atoms with E-state index in [4.69, 9.17) is 19.9 Å². The van der Waals surface area contributed by atoms with Crippen LogP contribution in [-0.4, -0.2) is 57.6 Å². The smallest absolute Gasteiger partial charge is 0.316 e. The molecule has 11 nitrogen and oxygen atoms in total. The Morgan fingerprint density at radius 2 is 1.60 bits per heavy atom. The molecule has 0 aliphatic rings. The molecular weight excluding hydrogens is 534 g/mol. The SMILES string of the molecule is COC(=O)CCn1c(SCC(=O)OCc2ccccc2)nnc1[C@@H](COCc1ccccc1)NC(=O)C(C)(C)N.